The van der Waals surface area contributed by atoms with E-state index < -0.39 is 17.7 Å². The van der Waals surface area contributed by atoms with Crippen molar-refractivity contribution < 1.29 is 17.9 Å². The molecule has 6 rings (SSSR count). The van der Waals surface area contributed by atoms with E-state index in [-0.39, 0.29) is 0 Å². The van der Waals surface area contributed by atoms with Crippen LogP contribution in [0.5, 0.6) is 11.5 Å². The smallest absolute Gasteiger partial charge is 0.416 e. The molecule has 0 aliphatic carbocycles. The molecule has 0 radical (unpaired) electrons. The van der Waals surface area contributed by atoms with Gasteiger partial charge in [-0.2, -0.15) is 13.2 Å². The highest BCUT2D eigenvalue weighted by Gasteiger charge is 2.35. The molecule has 0 bridgehead atoms. The lowest BCUT2D eigenvalue weighted by Crippen LogP contribution is -2.14. The Hall–Kier alpha value is -3.79. The Labute approximate surface area is 182 Å². The second-order valence-electron chi connectivity index (χ2n) is 8.06. The van der Waals surface area contributed by atoms with E-state index in [4.69, 9.17) is 4.74 Å². The first kappa shape index (κ1) is 18.9. The number of alkyl halides is 3. The van der Waals surface area contributed by atoms with Crippen LogP contribution in [0.3, 0.4) is 0 Å². The molecule has 5 aromatic rings. The maximum absolute atomic E-state index is 13.6. The first-order chi connectivity index (χ1) is 15.5. The summed E-state index contributed by atoms with van der Waals surface area (Å²) in [5, 5.41) is 4.00. The predicted octanol–water partition coefficient (Wildman–Crippen LogP) is 8.30. The molecule has 0 spiro atoms. The fourth-order valence-corrected chi connectivity index (χ4v) is 4.82. The average Bonchev–Trinajstić information content (AvgIpc) is 2.82. The van der Waals surface area contributed by atoms with Crippen LogP contribution in [0.15, 0.2) is 97.1 Å². The molecule has 1 aliphatic rings. The predicted molar refractivity (Wildman–Crippen MR) is 120 cm³/mol. The van der Waals surface area contributed by atoms with E-state index in [1.165, 1.54) is 12.1 Å². The summed E-state index contributed by atoms with van der Waals surface area (Å²) >= 11 is 0. The topological polar surface area (TPSA) is 9.23 Å². The van der Waals surface area contributed by atoms with Crippen LogP contribution in [0.4, 0.5) is 13.2 Å². The Bertz CT molecular complexity index is 1420. The molecule has 5 aromatic carbocycles. The molecule has 1 heterocycles. The fourth-order valence-electron chi connectivity index (χ4n) is 4.82. The number of hydrogen-bond acceptors (Lipinski definition) is 1. The van der Waals surface area contributed by atoms with Crippen molar-refractivity contribution >= 4 is 21.5 Å². The van der Waals surface area contributed by atoms with Gasteiger partial charge in [-0.15, -0.1) is 0 Å². The van der Waals surface area contributed by atoms with Crippen LogP contribution in [0.2, 0.25) is 0 Å². The maximum atomic E-state index is 13.6. The van der Waals surface area contributed by atoms with Crippen molar-refractivity contribution in [2.45, 2.75) is 12.1 Å². The third kappa shape index (κ3) is 2.87. The number of ether oxygens (including phenoxy) is 1. The van der Waals surface area contributed by atoms with E-state index in [0.29, 0.717) is 17.1 Å². The molecule has 0 saturated heterocycles. The maximum Gasteiger partial charge on any atom is 0.416 e. The SMILES string of the molecule is FC(F)(F)c1cccc(C2c3c(ccc4ccccc34)Oc3ccc4ccccc4c32)c1. The van der Waals surface area contributed by atoms with Gasteiger partial charge in [0.05, 0.1) is 5.56 Å². The summed E-state index contributed by atoms with van der Waals surface area (Å²) < 4.78 is 47.1. The Morgan fingerprint density at radius 1 is 0.594 bits per heavy atom. The van der Waals surface area contributed by atoms with Gasteiger partial charge in [-0.3, -0.25) is 0 Å². The van der Waals surface area contributed by atoms with E-state index in [9.17, 15) is 13.2 Å². The largest absolute Gasteiger partial charge is 0.457 e. The lowest BCUT2D eigenvalue weighted by molar-refractivity contribution is -0.137. The Kier molecular flexibility index (Phi) is 4.06. The van der Waals surface area contributed by atoms with Crippen molar-refractivity contribution in [1.82, 2.24) is 0 Å². The quantitative estimate of drug-likeness (QED) is 0.257. The fraction of sp³-hybridized carbons (Fsp3) is 0.0714. The highest BCUT2D eigenvalue weighted by Crippen LogP contribution is 2.52. The summed E-state index contributed by atoms with van der Waals surface area (Å²) in [6.45, 7) is 0. The van der Waals surface area contributed by atoms with Gasteiger partial charge in [0.25, 0.3) is 0 Å². The zero-order valence-electron chi connectivity index (χ0n) is 16.9. The Balaban J connectivity index is 1.73. The normalized spacial score (nSPS) is 13.6. The van der Waals surface area contributed by atoms with Crippen LogP contribution in [-0.4, -0.2) is 0 Å². The van der Waals surface area contributed by atoms with Gasteiger partial charge in [-0.05, 0) is 45.3 Å². The van der Waals surface area contributed by atoms with E-state index >= 15 is 0 Å². The number of benzene rings is 5. The molecule has 32 heavy (non-hydrogen) atoms. The van der Waals surface area contributed by atoms with Crippen molar-refractivity contribution in [3.05, 3.63) is 119 Å². The van der Waals surface area contributed by atoms with Crippen molar-refractivity contribution in [1.29, 1.82) is 0 Å². The van der Waals surface area contributed by atoms with E-state index in [2.05, 4.69) is 0 Å². The van der Waals surface area contributed by atoms with Crippen molar-refractivity contribution in [3.8, 4) is 11.5 Å². The molecule has 0 unspecified atom stereocenters. The molecule has 0 fully saturated rings. The van der Waals surface area contributed by atoms with Gasteiger partial charge < -0.3 is 4.74 Å². The highest BCUT2D eigenvalue weighted by molar-refractivity contribution is 5.95. The summed E-state index contributed by atoms with van der Waals surface area (Å²) in [4.78, 5) is 0. The molecule has 0 atom stereocenters. The van der Waals surface area contributed by atoms with Gasteiger partial charge in [0.2, 0.25) is 0 Å². The van der Waals surface area contributed by atoms with Crippen LogP contribution >= 0.6 is 0 Å². The molecular weight excluding hydrogens is 409 g/mol. The Morgan fingerprint density at radius 2 is 1.16 bits per heavy atom. The summed E-state index contributed by atoms with van der Waals surface area (Å²) in [6, 6.07) is 29.3. The van der Waals surface area contributed by atoms with Crippen LogP contribution < -0.4 is 4.74 Å². The number of rotatable bonds is 1. The van der Waals surface area contributed by atoms with Gasteiger partial charge in [0.1, 0.15) is 11.5 Å². The number of halogens is 3. The first-order valence-corrected chi connectivity index (χ1v) is 10.4. The summed E-state index contributed by atoms with van der Waals surface area (Å²) in [5.41, 5.74) is 1.74. The highest BCUT2D eigenvalue weighted by atomic mass is 19.4. The van der Waals surface area contributed by atoms with Gasteiger partial charge in [0.15, 0.2) is 0 Å². The summed E-state index contributed by atoms with van der Waals surface area (Å²) in [7, 11) is 0. The molecule has 1 aliphatic heterocycles. The van der Waals surface area contributed by atoms with Gasteiger partial charge in [0, 0.05) is 17.0 Å². The number of hydrogen-bond donors (Lipinski definition) is 0. The Morgan fingerprint density at radius 3 is 1.72 bits per heavy atom. The van der Waals surface area contributed by atoms with E-state index in [0.717, 1.165) is 38.7 Å². The average molecular weight is 426 g/mol. The lowest BCUT2D eigenvalue weighted by Gasteiger charge is -2.31. The second kappa shape index (κ2) is 6.86. The third-order valence-electron chi connectivity index (χ3n) is 6.21. The summed E-state index contributed by atoms with van der Waals surface area (Å²) in [5.74, 6) is 0.955. The lowest BCUT2D eigenvalue weighted by atomic mass is 9.78. The molecular formula is C28H17F3O. The van der Waals surface area contributed by atoms with E-state index in [1.54, 1.807) is 6.07 Å². The van der Waals surface area contributed by atoms with Crippen molar-refractivity contribution in [3.63, 3.8) is 0 Å². The number of fused-ring (bicyclic) bond motifs is 6. The van der Waals surface area contributed by atoms with Gasteiger partial charge >= 0.3 is 6.18 Å². The van der Waals surface area contributed by atoms with Crippen LogP contribution in [0.1, 0.15) is 28.2 Å². The van der Waals surface area contributed by atoms with Crippen LogP contribution in [-0.2, 0) is 6.18 Å². The molecule has 1 nitrogen and oxygen atoms in total. The minimum atomic E-state index is -4.41. The van der Waals surface area contributed by atoms with Crippen molar-refractivity contribution in [2.75, 3.05) is 0 Å². The first-order valence-electron chi connectivity index (χ1n) is 10.4. The summed E-state index contributed by atoms with van der Waals surface area (Å²) in [6.07, 6.45) is -4.41. The van der Waals surface area contributed by atoms with Crippen molar-refractivity contribution in [2.24, 2.45) is 0 Å². The molecule has 0 aromatic heterocycles. The molecule has 156 valence electrons. The molecule has 0 amide bonds. The van der Waals surface area contributed by atoms with E-state index in [1.807, 2.05) is 72.8 Å². The van der Waals surface area contributed by atoms with Crippen LogP contribution in [0.25, 0.3) is 21.5 Å². The van der Waals surface area contributed by atoms with Gasteiger partial charge in [-0.25, -0.2) is 0 Å². The van der Waals surface area contributed by atoms with Gasteiger partial charge in [-0.1, -0.05) is 78.9 Å². The zero-order chi connectivity index (χ0) is 21.9. The molecule has 0 N–H and O–H groups in total. The second-order valence-corrected chi connectivity index (χ2v) is 8.06. The molecule has 4 heteroatoms. The van der Waals surface area contributed by atoms with Crippen LogP contribution in [0, 0.1) is 0 Å². The third-order valence-corrected chi connectivity index (χ3v) is 6.21. The molecule has 0 saturated carbocycles. The minimum Gasteiger partial charge on any atom is -0.457 e. The minimum absolute atomic E-state index is 0.395. The monoisotopic (exact) mass is 426 g/mol. The standard InChI is InChI=1S/C28H17F3O/c29-28(30,31)20-9-5-8-19(16-20)25-26-21-10-3-1-6-17(21)12-14-23(26)32-24-15-13-18-7-2-4-11-22(18)27(24)25/h1-16,25H. The zero-order valence-corrected chi connectivity index (χ0v) is 16.9.